The highest BCUT2D eigenvalue weighted by Crippen LogP contribution is 2.12. The third-order valence-electron chi connectivity index (χ3n) is 4.58. The largest absolute Gasteiger partial charge is 1.00 e. The maximum absolute atomic E-state index is 12.5. The molecular weight excluding hydrogens is 340 g/mol. The fourth-order valence-corrected chi connectivity index (χ4v) is 3.43. The van der Waals surface area contributed by atoms with Crippen molar-refractivity contribution in [3.8, 4) is 0 Å². The molecule has 0 aliphatic carbocycles. The highest BCUT2D eigenvalue weighted by Gasteiger charge is 2.30. The summed E-state index contributed by atoms with van der Waals surface area (Å²) in [6, 6.07) is 8.74. The van der Waals surface area contributed by atoms with Gasteiger partial charge in [0, 0.05) is 18.7 Å². The summed E-state index contributed by atoms with van der Waals surface area (Å²) in [7, 11) is 0. The van der Waals surface area contributed by atoms with Gasteiger partial charge in [-0.2, -0.15) is 0 Å². The van der Waals surface area contributed by atoms with Crippen LogP contribution in [0.4, 0.5) is 0 Å². The molecule has 0 bridgehead atoms. The van der Waals surface area contributed by atoms with Crippen LogP contribution in [0.5, 0.6) is 0 Å². The molecule has 1 aliphatic rings. The second-order valence-corrected chi connectivity index (χ2v) is 6.22. The van der Waals surface area contributed by atoms with Crippen molar-refractivity contribution in [3.63, 3.8) is 0 Å². The van der Waals surface area contributed by atoms with Gasteiger partial charge in [0.15, 0.2) is 0 Å². The smallest absolute Gasteiger partial charge is 0.231 e. The molecule has 1 aromatic carbocycles. The van der Waals surface area contributed by atoms with E-state index in [4.69, 9.17) is 0 Å². The number of aryl methyl sites for hydroxylation is 1. The highest BCUT2D eigenvalue weighted by atomic mass is 79.9. The highest BCUT2D eigenvalue weighted by molar-refractivity contribution is 5.78. The molecule has 1 saturated heterocycles. The Labute approximate surface area is 145 Å². The number of rotatable bonds is 5. The average molecular weight is 369 g/mol. The summed E-state index contributed by atoms with van der Waals surface area (Å²) in [5.41, 5.74) is 2.71. The zero-order chi connectivity index (χ0) is 15.2. The van der Waals surface area contributed by atoms with Crippen molar-refractivity contribution >= 4 is 5.91 Å². The standard InChI is InChI=1S/C18H28N2O.BrH/c1-4-20(5-2)18(21)17-10-7-11-19(14-17)13-16-9-6-8-15(3)12-16;/h6,8-9,12,17H,4-5,7,10-11,13-14H2,1-3H3;1H. The summed E-state index contributed by atoms with van der Waals surface area (Å²) >= 11 is 0. The zero-order valence-corrected chi connectivity index (χ0v) is 15.7. The number of nitrogens with zero attached hydrogens (tertiary/aromatic N) is 1. The number of halogens is 1. The number of carbonyl (C=O) groups is 1. The molecule has 1 amide bonds. The number of amides is 1. The van der Waals surface area contributed by atoms with Crippen LogP contribution >= 0.6 is 0 Å². The Morgan fingerprint density at radius 1 is 1.32 bits per heavy atom. The van der Waals surface area contributed by atoms with Gasteiger partial charge in [-0.25, -0.2) is 0 Å². The first-order valence-corrected chi connectivity index (χ1v) is 8.32. The number of quaternary nitrogens is 1. The van der Waals surface area contributed by atoms with Crippen molar-refractivity contribution in [2.45, 2.75) is 40.2 Å². The van der Waals surface area contributed by atoms with Gasteiger partial charge in [-0.3, -0.25) is 4.79 Å². The van der Waals surface area contributed by atoms with E-state index in [1.165, 1.54) is 24.1 Å². The second kappa shape index (κ2) is 9.31. The number of hydrogen-bond acceptors (Lipinski definition) is 1. The van der Waals surface area contributed by atoms with Crippen molar-refractivity contribution in [1.82, 2.24) is 4.90 Å². The van der Waals surface area contributed by atoms with E-state index >= 15 is 0 Å². The van der Waals surface area contributed by atoms with Gasteiger partial charge in [0.2, 0.25) is 5.91 Å². The first-order valence-electron chi connectivity index (χ1n) is 8.32. The van der Waals surface area contributed by atoms with Crippen molar-refractivity contribution < 1.29 is 26.7 Å². The lowest BCUT2D eigenvalue weighted by atomic mass is 9.96. The van der Waals surface area contributed by atoms with Gasteiger partial charge >= 0.3 is 0 Å². The van der Waals surface area contributed by atoms with Gasteiger partial charge in [0.1, 0.15) is 6.54 Å². The lowest BCUT2D eigenvalue weighted by Crippen LogP contribution is -3.12. The van der Waals surface area contributed by atoms with Crippen molar-refractivity contribution in [1.29, 1.82) is 0 Å². The minimum atomic E-state index is 0. The molecule has 0 aromatic heterocycles. The number of nitrogens with one attached hydrogen (secondary N) is 1. The molecule has 124 valence electrons. The Hall–Kier alpha value is -0.870. The van der Waals surface area contributed by atoms with Crippen LogP contribution in [0.2, 0.25) is 0 Å². The summed E-state index contributed by atoms with van der Waals surface area (Å²) in [5.74, 6) is 0.583. The molecule has 0 spiro atoms. The summed E-state index contributed by atoms with van der Waals surface area (Å²) < 4.78 is 0. The Balaban J connectivity index is 0.00000242. The first-order chi connectivity index (χ1) is 10.1. The molecule has 3 nitrogen and oxygen atoms in total. The van der Waals surface area contributed by atoms with Gasteiger partial charge in [0.25, 0.3) is 0 Å². The first kappa shape index (κ1) is 19.2. The average Bonchev–Trinajstić information content (AvgIpc) is 2.48. The van der Waals surface area contributed by atoms with Crippen LogP contribution in [0.3, 0.4) is 0 Å². The predicted octanol–water partition coefficient (Wildman–Crippen LogP) is -1.34. The van der Waals surface area contributed by atoms with E-state index in [0.29, 0.717) is 5.91 Å². The second-order valence-electron chi connectivity index (χ2n) is 6.22. The van der Waals surface area contributed by atoms with Crippen molar-refractivity contribution in [3.05, 3.63) is 35.4 Å². The van der Waals surface area contributed by atoms with Crippen LogP contribution in [0.25, 0.3) is 0 Å². The molecule has 4 heteroatoms. The van der Waals surface area contributed by atoms with E-state index in [0.717, 1.165) is 32.6 Å². The predicted molar refractivity (Wildman–Crippen MR) is 86.2 cm³/mol. The zero-order valence-electron chi connectivity index (χ0n) is 14.1. The van der Waals surface area contributed by atoms with Crippen LogP contribution in [-0.4, -0.2) is 37.0 Å². The fraction of sp³-hybridized carbons (Fsp3) is 0.611. The monoisotopic (exact) mass is 368 g/mol. The van der Waals surface area contributed by atoms with Gasteiger partial charge in [-0.05, 0) is 33.6 Å². The lowest BCUT2D eigenvalue weighted by molar-refractivity contribution is -0.921. The number of carbonyl (C=O) groups excluding carboxylic acids is 1. The molecule has 1 N–H and O–H groups in total. The normalized spacial score (nSPS) is 21.0. The number of piperidine rings is 1. The molecule has 22 heavy (non-hydrogen) atoms. The molecule has 2 atom stereocenters. The molecular formula is C18H29BrN2O. The van der Waals surface area contributed by atoms with Gasteiger partial charge < -0.3 is 26.8 Å². The van der Waals surface area contributed by atoms with E-state index in [1.807, 2.05) is 4.90 Å². The Bertz CT molecular complexity index is 474. The minimum absolute atomic E-state index is 0. The van der Waals surface area contributed by atoms with Crippen LogP contribution in [0.15, 0.2) is 24.3 Å². The van der Waals surface area contributed by atoms with Crippen LogP contribution in [0, 0.1) is 12.8 Å². The molecule has 1 aromatic rings. The molecule has 2 rings (SSSR count). The topological polar surface area (TPSA) is 24.8 Å². The molecule has 1 fully saturated rings. The van der Waals surface area contributed by atoms with Crippen LogP contribution in [-0.2, 0) is 11.3 Å². The minimum Gasteiger partial charge on any atom is -1.00 e. The summed E-state index contributed by atoms with van der Waals surface area (Å²) in [6.07, 6.45) is 2.23. The number of benzene rings is 1. The third-order valence-corrected chi connectivity index (χ3v) is 4.58. The van der Waals surface area contributed by atoms with E-state index in [9.17, 15) is 4.79 Å². The van der Waals surface area contributed by atoms with E-state index in [1.54, 1.807) is 4.90 Å². The van der Waals surface area contributed by atoms with Crippen LogP contribution in [0.1, 0.15) is 37.8 Å². The maximum Gasteiger partial charge on any atom is 0.231 e. The van der Waals surface area contributed by atoms with Gasteiger partial charge in [-0.1, -0.05) is 29.8 Å². The van der Waals surface area contributed by atoms with E-state index < -0.39 is 0 Å². The summed E-state index contributed by atoms with van der Waals surface area (Å²) in [4.78, 5) is 16.1. The summed E-state index contributed by atoms with van der Waals surface area (Å²) in [6.45, 7) is 11.2. The summed E-state index contributed by atoms with van der Waals surface area (Å²) in [5, 5.41) is 0. The van der Waals surface area contributed by atoms with E-state index in [-0.39, 0.29) is 22.9 Å². The molecule has 1 heterocycles. The molecule has 0 radical (unpaired) electrons. The van der Waals surface area contributed by atoms with Crippen LogP contribution < -0.4 is 21.9 Å². The fourth-order valence-electron chi connectivity index (χ4n) is 3.43. The Kier molecular flexibility index (Phi) is 8.12. The van der Waals surface area contributed by atoms with Gasteiger partial charge in [0.05, 0.1) is 19.0 Å². The number of hydrogen-bond donors (Lipinski definition) is 1. The maximum atomic E-state index is 12.5. The number of likely N-dealkylation sites (tertiary alicyclic amines) is 1. The van der Waals surface area contributed by atoms with Crippen molar-refractivity contribution in [2.24, 2.45) is 5.92 Å². The quantitative estimate of drug-likeness (QED) is 0.683. The molecule has 1 aliphatic heterocycles. The van der Waals surface area contributed by atoms with Gasteiger partial charge in [-0.15, -0.1) is 0 Å². The third kappa shape index (κ3) is 5.10. The SMILES string of the molecule is CCN(CC)C(=O)C1CCC[NH+](Cc2cccc(C)c2)C1.[Br-]. The lowest BCUT2D eigenvalue weighted by Gasteiger charge is -2.32. The Morgan fingerprint density at radius 3 is 2.68 bits per heavy atom. The van der Waals surface area contributed by atoms with Crippen molar-refractivity contribution in [2.75, 3.05) is 26.2 Å². The van der Waals surface area contributed by atoms with E-state index in [2.05, 4.69) is 45.0 Å². The molecule has 0 saturated carbocycles. The molecule has 2 unspecified atom stereocenters. The Morgan fingerprint density at radius 2 is 2.05 bits per heavy atom.